The molecule has 0 aromatic carbocycles. The molecule has 1 aliphatic carbocycles. The molecule has 0 atom stereocenters. The summed E-state index contributed by atoms with van der Waals surface area (Å²) in [7, 11) is -3.46. The standard InChI is InChI=1S/C8H14O4S/c1-2-13(11,12)8(7(9)10)5-3-4-6-8/h2-6H2,1H3,(H,9,10). The van der Waals surface area contributed by atoms with Crippen molar-refractivity contribution in [2.24, 2.45) is 0 Å². The van der Waals surface area contributed by atoms with Crippen LogP contribution >= 0.6 is 0 Å². The minimum Gasteiger partial charge on any atom is -0.480 e. The summed E-state index contributed by atoms with van der Waals surface area (Å²) in [4.78, 5) is 10.9. The fraction of sp³-hybridized carbons (Fsp3) is 0.875. The van der Waals surface area contributed by atoms with E-state index in [1.807, 2.05) is 0 Å². The van der Waals surface area contributed by atoms with E-state index in [1.54, 1.807) is 0 Å². The van der Waals surface area contributed by atoms with Crippen molar-refractivity contribution >= 4 is 15.8 Å². The highest BCUT2D eigenvalue weighted by Crippen LogP contribution is 2.37. The van der Waals surface area contributed by atoms with E-state index in [2.05, 4.69) is 0 Å². The van der Waals surface area contributed by atoms with Crippen LogP contribution in [0.15, 0.2) is 0 Å². The van der Waals surface area contributed by atoms with Crippen LogP contribution in [0.25, 0.3) is 0 Å². The van der Waals surface area contributed by atoms with Crippen LogP contribution in [0.4, 0.5) is 0 Å². The summed E-state index contributed by atoms with van der Waals surface area (Å²) in [5, 5.41) is 8.95. The van der Waals surface area contributed by atoms with Crippen molar-refractivity contribution in [2.45, 2.75) is 37.4 Å². The van der Waals surface area contributed by atoms with Crippen molar-refractivity contribution in [1.82, 2.24) is 0 Å². The third kappa shape index (κ3) is 1.45. The summed E-state index contributed by atoms with van der Waals surface area (Å²) in [6.45, 7) is 1.50. The number of carbonyl (C=O) groups is 1. The normalized spacial score (nSPS) is 21.6. The number of hydrogen-bond donors (Lipinski definition) is 1. The van der Waals surface area contributed by atoms with Gasteiger partial charge in [0.1, 0.15) is 0 Å². The first-order valence-electron chi connectivity index (χ1n) is 4.42. The van der Waals surface area contributed by atoms with Crippen LogP contribution in [0.2, 0.25) is 0 Å². The summed E-state index contributed by atoms with van der Waals surface area (Å²) in [5.74, 6) is -1.26. The lowest BCUT2D eigenvalue weighted by Gasteiger charge is -2.22. The van der Waals surface area contributed by atoms with Crippen LogP contribution in [0, 0.1) is 0 Å². The van der Waals surface area contributed by atoms with Crippen LogP contribution < -0.4 is 0 Å². The number of hydrogen-bond acceptors (Lipinski definition) is 3. The molecule has 0 aliphatic heterocycles. The third-order valence-corrected chi connectivity index (χ3v) is 5.31. The van der Waals surface area contributed by atoms with Crippen molar-refractivity contribution in [1.29, 1.82) is 0 Å². The lowest BCUT2D eigenvalue weighted by Crippen LogP contribution is -2.44. The Morgan fingerprint density at radius 3 is 2.15 bits per heavy atom. The van der Waals surface area contributed by atoms with E-state index < -0.39 is 20.6 Å². The maximum Gasteiger partial charge on any atom is 0.325 e. The summed E-state index contributed by atoms with van der Waals surface area (Å²) >= 11 is 0. The summed E-state index contributed by atoms with van der Waals surface area (Å²) in [6, 6.07) is 0. The Balaban J connectivity index is 3.13. The second-order valence-corrected chi connectivity index (χ2v) is 6.00. The highest BCUT2D eigenvalue weighted by Gasteiger charge is 2.51. The average molecular weight is 206 g/mol. The third-order valence-electron chi connectivity index (χ3n) is 2.78. The molecule has 0 spiro atoms. The first kappa shape index (κ1) is 10.5. The van der Waals surface area contributed by atoms with Gasteiger partial charge in [-0.25, -0.2) is 8.42 Å². The molecule has 1 saturated carbocycles. The van der Waals surface area contributed by atoms with Gasteiger partial charge in [-0.3, -0.25) is 4.79 Å². The molecule has 13 heavy (non-hydrogen) atoms. The smallest absolute Gasteiger partial charge is 0.325 e. The van der Waals surface area contributed by atoms with Crippen LogP contribution in [0.5, 0.6) is 0 Å². The zero-order chi connectivity index (χ0) is 10.1. The zero-order valence-corrected chi connectivity index (χ0v) is 8.43. The molecule has 0 bridgehead atoms. The van der Waals surface area contributed by atoms with Crippen molar-refractivity contribution in [3.05, 3.63) is 0 Å². The van der Waals surface area contributed by atoms with E-state index in [1.165, 1.54) is 6.92 Å². The van der Waals surface area contributed by atoms with Crippen LogP contribution in [-0.2, 0) is 14.6 Å². The van der Waals surface area contributed by atoms with Crippen molar-refractivity contribution < 1.29 is 18.3 Å². The Morgan fingerprint density at radius 2 is 1.85 bits per heavy atom. The molecule has 1 aliphatic rings. The molecule has 1 rings (SSSR count). The van der Waals surface area contributed by atoms with Crippen LogP contribution in [-0.4, -0.2) is 30.0 Å². The van der Waals surface area contributed by atoms with Gasteiger partial charge in [0.2, 0.25) is 0 Å². The fourth-order valence-electron chi connectivity index (χ4n) is 1.88. The highest BCUT2D eigenvalue weighted by molar-refractivity contribution is 7.93. The average Bonchev–Trinajstić information content (AvgIpc) is 2.53. The predicted molar refractivity (Wildman–Crippen MR) is 48.3 cm³/mol. The first-order valence-corrected chi connectivity index (χ1v) is 6.07. The van der Waals surface area contributed by atoms with Gasteiger partial charge in [-0.2, -0.15) is 0 Å². The van der Waals surface area contributed by atoms with Crippen LogP contribution in [0.3, 0.4) is 0 Å². The monoisotopic (exact) mass is 206 g/mol. The van der Waals surface area contributed by atoms with E-state index in [0.717, 1.165) is 0 Å². The van der Waals surface area contributed by atoms with E-state index in [4.69, 9.17) is 5.11 Å². The minimum atomic E-state index is -3.46. The highest BCUT2D eigenvalue weighted by atomic mass is 32.2. The van der Waals surface area contributed by atoms with E-state index in [9.17, 15) is 13.2 Å². The molecule has 0 unspecified atom stereocenters. The van der Waals surface area contributed by atoms with E-state index >= 15 is 0 Å². The Bertz CT molecular complexity index is 298. The number of rotatable bonds is 3. The van der Waals surface area contributed by atoms with Gasteiger partial charge in [-0.05, 0) is 12.8 Å². The van der Waals surface area contributed by atoms with E-state index in [0.29, 0.717) is 12.8 Å². The molecule has 0 radical (unpaired) electrons. The molecule has 5 heteroatoms. The fourth-order valence-corrected chi connectivity index (χ4v) is 3.61. The number of carboxylic acids is 1. The molecule has 0 aromatic rings. The van der Waals surface area contributed by atoms with Gasteiger partial charge in [-0.15, -0.1) is 0 Å². The van der Waals surface area contributed by atoms with Gasteiger partial charge >= 0.3 is 5.97 Å². The first-order chi connectivity index (χ1) is 5.96. The number of carboxylic acid groups (broad SMARTS) is 1. The largest absolute Gasteiger partial charge is 0.480 e. The van der Waals surface area contributed by atoms with Crippen molar-refractivity contribution in [2.75, 3.05) is 5.75 Å². The quantitative estimate of drug-likeness (QED) is 0.742. The maximum atomic E-state index is 11.6. The van der Waals surface area contributed by atoms with Crippen molar-refractivity contribution in [3.63, 3.8) is 0 Å². The van der Waals surface area contributed by atoms with Gasteiger partial charge in [0.05, 0.1) is 0 Å². The summed E-state index contributed by atoms with van der Waals surface area (Å²) in [6.07, 6.45) is 1.95. The molecule has 4 nitrogen and oxygen atoms in total. The maximum absolute atomic E-state index is 11.6. The predicted octanol–water partition coefficient (Wildman–Crippen LogP) is 0.818. The Labute approximate surface area is 77.9 Å². The lowest BCUT2D eigenvalue weighted by atomic mass is 10.1. The lowest BCUT2D eigenvalue weighted by molar-refractivity contribution is -0.139. The SMILES string of the molecule is CCS(=O)(=O)C1(C(=O)O)CCCC1. The second kappa shape index (κ2) is 3.29. The van der Waals surface area contributed by atoms with Crippen molar-refractivity contribution in [3.8, 4) is 0 Å². The van der Waals surface area contributed by atoms with Crippen LogP contribution in [0.1, 0.15) is 32.6 Å². The Hall–Kier alpha value is -0.580. The molecule has 76 valence electrons. The zero-order valence-electron chi connectivity index (χ0n) is 7.62. The Kier molecular flexibility index (Phi) is 2.66. The van der Waals surface area contributed by atoms with E-state index in [-0.39, 0.29) is 18.6 Å². The minimum absolute atomic E-state index is 0.0840. The molecule has 0 saturated heterocycles. The summed E-state index contributed by atoms with van der Waals surface area (Å²) in [5.41, 5.74) is 0. The number of sulfone groups is 1. The molecule has 0 amide bonds. The number of aliphatic carboxylic acids is 1. The summed E-state index contributed by atoms with van der Waals surface area (Å²) < 4.78 is 21.7. The molecular weight excluding hydrogens is 192 g/mol. The van der Waals surface area contributed by atoms with Gasteiger partial charge in [0.25, 0.3) is 0 Å². The molecule has 0 aromatic heterocycles. The molecular formula is C8H14O4S. The topological polar surface area (TPSA) is 71.4 Å². The Morgan fingerprint density at radius 1 is 1.38 bits per heavy atom. The van der Waals surface area contributed by atoms with Gasteiger partial charge < -0.3 is 5.11 Å². The van der Waals surface area contributed by atoms with Gasteiger partial charge in [0, 0.05) is 5.75 Å². The molecule has 1 fully saturated rings. The molecule has 0 heterocycles. The van der Waals surface area contributed by atoms with Gasteiger partial charge in [0.15, 0.2) is 14.6 Å². The second-order valence-electron chi connectivity index (χ2n) is 3.41. The molecule has 1 N–H and O–H groups in total. The van der Waals surface area contributed by atoms with Gasteiger partial charge in [-0.1, -0.05) is 19.8 Å².